The summed E-state index contributed by atoms with van der Waals surface area (Å²) in [6.45, 7) is 0.254. The van der Waals surface area contributed by atoms with E-state index in [2.05, 4.69) is 0 Å². The van der Waals surface area contributed by atoms with Gasteiger partial charge in [-0.3, -0.25) is 4.79 Å². The molecule has 5 N–H and O–H groups in total. The van der Waals surface area contributed by atoms with Crippen molar-refractivity contribution in [3.05, 3.63) is 53.6 Å². The molecule has 0 aliphatic heterocycles. The molecule has 2 rings (SSSR count). The Morgan fingerprint density at radius 2 is 1.84 bits per heavy atom. The molecule has 0 fully saturated rings. The topological polar surface area (TPSA) is 98.6 Å². The smallest absolute Gasteiger partial charge is 0.252 e. The number of anilines is 1. The van der Waals surface area contributed by atoms with Crippen LogP contribution in [0, 0.1) is 0 Å². The second-order valence-electron chi connectivity index (χ2n) is 4.07. The number of phenols is 1. The summed E-state index contributed by atoms with van der Waals surface area (Å²) in [5.74, 6) is -0.0354. The van der Waals surface area contributed by atoms with Crippen LogP contribution in [0.1, 0.15) is 15.9 Å². The highest BCUT2D eigenvalue weighted by molar-refractivity contribution is 5.96. The number of carbonyl (C=O) groups excluding carboxylic acids is 1. The molecule has 5 heteroatoms. The molecule has 2 aromatic carbocycles. The Hall–Kier alpha value is -2.69. The van der Waals surface area contributed by atoms with Crippen molar-refractivity contribution in [2.75, 3.05) is 5.73 Å². The number of primary amides is 1. The minimum atomic E-state index is -0.569. The third-order valence-electron chi connectivity index (χ3n) is 2.60. The van der Waals surface area contributed by atoms with Crippen LogP contribution in [-0.4, -0.2) is 11.0 Å². The Bertz CT molecular complexity index is 594. The molecule has 0 spiro atoms. The summed E-state index contributed by atoms with van der Waals surface area (Å²) in [5, 5.41) is 9.18. The standard InChI is InChI=1S/C14H14N2O3/c15-10-3-6-12(14(16)18)13(7-10)19-8-9-1-4-11(17)5-2-9/h1-7,17H,8,15H2,(H2,16,18). The highest BCUT2D eigenvalue weighted by Crippen LogP contribution is 2.23. The Morgan fingerprint density at radius 3 is 2.47 bits per heavy atom. The summed E-state index contributed by atoms with van der Waals surface area (Å²) in [5.41, 5.74) is 12.5. The van der Waals surface area contributed by atoms with Gasteiger partial charge in [-0.1, -0.05) is 12.1 Å². The molecular formula is C14H14N2O3. The molecule has 0 heterocycles. The predicted octanol–water partition coefficient (Wildman–Crippen LogP) is 1.65. The minimum absolute atomic E-state index is 0.186. The Labute approximate surface area is 110 Å². The molecule has 0 saturated carbocycles. The van der Waals surface area contributed by atoms with Gasteiger partial charge in [-0.05, 0) is 29.8 Å². The number of ether oxygens (including phenoxy) is 1. The number of amides is 1. The zero-order chi connectivity index (χ0) is 13.8. The van der Waals surface area contributed by atoms with Crippen molar-refractivity contribution in [1.29, 1.82) is 0 Å². The van der Waals surface area contributed by atoms with Crippen molar-refractivity contribution < 1.29 is 14.6 Å². The molecule has 19 heavy (non-hydrogen) atoms. The molecule has 2 aromatic rings. The van der Waals surface area contributed by atoms with E-state index < -0.39 is 5.91 Å². The fourth-order valence-corrected chi connectivity index (χ4v) is 1.62. The summed E-state index contributed by atoms with van der Waals surface area (Å²) in [4.78, 5) is 11.3. The van der Waals surface area contributed by atoms with Crippen LogP contribution in [0.5, 0.6) is 11.5 Å². The molecule has 0 radical (unpaired) electrons. The van der Waals surface area contributed by atoms with Gasteiger partial charge in [-0.15, -0.1) is 0 Å². The highest BCUT2D eigenvalue weighted by atomic mass is 16.5. The monoisotopic (exact) mass is 258 g/mol. The average molecular weight is 258 g/mol. The summed E-state index contributed by atoms with van der Waals surface area (Å²) in [6, 6.07) is 11.3. The zero-order valence-corrected chi connectivity index (χ0v) is 10.2. The van der Waals surface area contributed by atoms with Crippen LogP contribution in [0.15, 0.2) is 42.5 Å². The van der Waals surface area contributed by atoms with E-state index in [0.717, 1.165) is 5.56 Å². The van der Waals surface area contributed by atoms with Crippen LogP contribution in [-0.2, 0) is 6.61 Å². The second kappa shape index (κ2) is 5.30. The van der Waals surface area contributed by atoms with Crippen molar-refractivity contribution in [3.63, 3.8) is 0 Å². The molecular weight excluding hydrogens is 244 g/mol. The first kappa shape index (κ1) is 12.8. The number of nitrogens with two attached hydrogens (primary N) is 2. The molecule has 98 valence electrons. The average Bonchev–Trinajstić information content (AvgIpc) is 2.38. The lowest BCUT2D eigenvalue weighted by Gasteiger charge is -2.10. The molecule has 0 aliphatic carbocycles. The third-order valence-corrected chi connectivity index (χ3v) is 2.60. The Kier molecular flexibility index (Phi) is 3.56. The van der Waals surface area contributed by atoms with E-state index in [9.17, 15) is 9.90 Å². The first-order chi connectivity index (χ1) is 9.06. The lowest BCUT2D eigenvalue weighted by Crippen LogP contribution is -2.13. The maximum atomic E-state index is 11.3. The summed E-state index contributed by atoms with van der Waals surface area (Å²) >= 11 is 0. The van der Waals surface area contributed by atoms with Crippen molar-refractivity contribution in [2.24, 2.45) is 5.73 Å². The minimum Gasteiger partial charge on any atom is -0.508 e. The van der Waals surface area contributed by atoms with E-state index >= 15 is 0 Å². The van der Waals surface area contributed by atoms with Crippen LogP contribution >= 0.6 is 0 Å². The number of carbonyl (C=O) groups is 1. The maximum absolute atomic E-state index is 11.3. The lowest BCUT2D eigenvalue weighted by atomic mass is 10.1. The molecule has 0 aliphatic rings. The largest absolute Gasteiger partial charge is 0.508 e. The molecule has 0 atom stereocenters. The van der Waals surface area contributed by atoms with Gasteiger partial charge in [-0.2, -0.15) is 0 Å². The number of nitrogen functional groups attached to an aromatic ring is 1. The van der Waals surface area contributed by atoms with E-state index in [1.54, 1.807) is 36.4 Å². The normalized spacial score (nSPS) is 10.1. The van der Waals surface area contributed by atoms with E-state index in [4.69, 9.17) is 16.2 Å². The first-order valence-electron chi connectivity index (χ1n) is 5.66. The van der Waals surface area contributed by atoms with Gasteiger partial charge in [0.15, 0.2) is 0 Å². The van der Waals surface area contributed by atoms with E-state index in [0.29, 0.717) is 11.4 Å². The Morgan fingerprint density at radius 1 is 1.16 bits per heavy atom. The molecule has 0 unspecified atom stereocenters. The summed E-state index contributed by atoms with van der Waals surface area (Å²) in [7, 11) is 0. The van der Waals surface area contributed by atoms with E-state index in [1.807, 2.05) is 0 Å². The van der Waals surface area contributed by atoms with Gasteiger partial charge in [0, 0.05) is 11.8 Å². The molecule has 1 amide bonds. The van der Waals surface area contributed by atoms with Crippen molar-refractivity contribution in [1.82, 2.24) is 0 Å². The van der Waals surface area contributed by atoms with Gasteiger partial charge < -0.3 is 21.3 Å². The van der Waals surface area contributed by atoms with E-state index in [1.165, 1.54) is 6.07 Å². The number of rotatable bonds is 4. The molecule has 0 aromatic heterocycles. The van der Waals surface area contributed by atoms with Gasteiger partial charge in [0.1, 0.15) is 18.1 Å². The molecule has 0 bridgehead atoms. The first-order valence-corrected chi connectivity index (χ1v) is 5.66. The fourth-order valence-electron chi connectivity index (χ4n) is 1.62. The maximum Gasteiger partial charge on any atom is 0.252 e. The van der Waals surface area contributed by atoms with Gasteiger partial charge in [0.25, 0.3) is 5.91 Å². The van der Waals surface area contributed by atoms with Crippen molar-refractivity contribution in [2.45, 2.75) is 6.61 Å². The van der Waals surface area contributed by atoms with Crippen LogP contribution in [0.25, 0.3) is 0 Å². The van der Waals surface area contributed by atoms with Gasteiger partial charge in [-0.25, -0.2) is 0 Å². The third kappa shape index (κ3) is 3.16. The van der Waals surface area contributed by atoms with Gasteiger partial charge >= 0.3 is 0 Å². The molecule has 0 saturated heterocycles. The fraction of sp³-hybridized carbons (Fsp3) is 0.0714. The van der Waals surface area contributed by atoms with Gasteiger partial charge in [0.05, 0.1) is 5.56 Å². The number of hydrogen-bond acceptors (Lipinski definition) is 4. The number of phenolic OH excluding ortho intramolecular Hbond substituents is 1. The van der Waals surface area contributed by atoms with Crippen LogP contribution in [0.3, 0.4) is 0 Å². The Balaban J connectivity index is 2.16. The predicted molar refractivity (Wildman–Crippen MR) is 71.8 cm³/mol. The molecule has 5 nitrogen and oxygen atoms in total. The number of hydrogen-bond donors (Lipinski definition) is 3. The SMILES string of the molecule is NC(=O)c1ccc(N)cc1OCc1ccc(O)cc1. The van der Waals surface area contributed by atoms with Crippen LogP contribution in [0.4, 0.5) is 5.69 Å². The zero-order valence-electron chi connectivity index (χ0n) is 10.2. The lowest BCUT2D eigenvalue weighted by molar-refractivity contribution is 0.0996. The number of aromatic hydroxyl groups is 1. The summed E-state index contributed by atoms with van der Waals surface area (Å²) in [6.07, 6.45) is 0. The quantitative estimate of drug-likeness (QED) is 0.726. The van der Waals surface area contributed by atoms with E-state index in [-0.39, 0.29) is 17.9 Å². The number of benzene rings is 2. The summed E-state index contributed by atoms with van der Waals surface area (Å²) < 4.78 is 5.54. The second-order valence-corrected chi connectivity index (χ2v) is 4.07. The van der Waals surface area contributed by atoms with Crippen molar-refractivity contribution >= 4 is 11.6 Å². The van der Waals surface area contributed by atoms with Crippen molar-refractivity contribution in [3.8, 4) is 11.5 Å². The van der Waals surface area contributed by atoms with Crippen LogP contribution in [0.2, 0.25) is 0 Å². The van der Waals surface area contributed by atoms with Gasteiger partial charge in [0.2, 0.25) is 0 Å². The highest BCUT2D eigenvalue weighted by Gasteiger charge is 2.09. The van der Waals surface area contributed by atoms with Crippen LogP contribution < -0.4 is 16.2 Å².